The van der Waals surface area contributed by atoms with Crippen molar-refractivity contribution in [2.24, 2.45) is 0 Å². The van der Waals surface area contributed by atoms with E-state index in [1.807, 2.05) is 4.90 Å². The molecule has 0 fully saturated rings. The van der Waals surface area contributed by atoms with Crippen LogP contribution in [-0.4, -0.2) is 25.5 Å². The van der Waals surface area contributed by atoms with Crippen molar-refractivity contribution in [1.29, 1.82) is 0 Å². The zero-order valence-corrected chi connectivity index (χ0v) is 11.3. The number of likely N-dealkylation sites (N-methyl/N-ethyl adjacent to an activating group) is 1. The number of fused-ring (bicyclic) bond motifs is 1. The summed E-state index contributed by atoms with van der Waals surface area (Å²) in [5, 5.41) is 3.34. The van der Waals surface area contributed by atoms with Gasteiger partial charge in [0.05, 0.1) is 0 Å². The van der Waals surface area contributed by atoms with Gasteiger partial charge in [-0.2, -0.15) is 0 Å². The van der Waals surface area contributed by atoms with Crippen molar-refractivity contribution in [1.82, 2.24) is 5.32 Å². The minimum atomic E-state index is 0.149. The minimum absolute atomic E-state index is 0.149. The van der Waals surface area contributed by atoms with Crippen molar-refractivity contribution in [2.75, 3.05) is 24.5 Å². The number of carbonyl (C=O) groups excluding carboxylic acids is 1. The van der Waals surface area contributed by atoms with Crippen LogP contribution < -0.4 is 10.2 Å². The van der Waals surface area contributed by atoms with E-state index in [0.717, 1.165) is 44.6 Å². The van der Waals surface area contributed by atoms with Crippen LogP contribution >= 0.6 is 0 Å². The third-order valence-corrected chi connectivity index (χ3v) is 3.48. The predicted molar refractivity (Wildman–Crippen MR) is 75.0 cm³/mol. The topological polar surface area (TPSA) is 32.3 Å². The molecule has 98 valence electrons. The van der Waals surface area contributed by atoms with Gasteiger partial charge in [0.1, 0.15) is 0 Å². The molecular weight excluding hydrogens is 224 g/mol. The van der Waals surface area contributed by atoms with Gasteiger partial charge in [-0.15, -0.1) is 0 Å². The van der Waals surface area contributed by atoms with Crippen molar-refractivity contribution < 1.29 is 4.79 Å². The molecule has 0 unspecified atom stereocenters. The molecule has 0 saturated heterocycles. The maximum atomic E-state index is 11.6. The normalized spacial score (nSPS) is 14.4. The van der Waals surface area contributed by atoms with Crippen LogP contribution in [0.3, 0.4) is 0 Å². The smallest absolute Gasteiger partial charge is 0.223 e. The van der Waals surface area contributed by atoms with E-state index in [9.17, 15) is 4.79 Å². The SMILES string of the molecule is CCNCCc1ccc2c(c1)CCCN2C(C)=O. The van der Waals surface area contributed by atoms with Gasteiger partial charge in [0.2, 0.25) is 5.91 Å². The zero-order valence-electron chi connectivity index (χ0n) is 11.3. The molecule has 0 spiro atoms. The maximum absolute atomic E-state index is 11.6. The number of anilines is 1. The summed E-state index contributed by atoms with van der Waals surface area (Å²) in [5.41, 5.74) is 3.80. The third-order valence-electron chi connectivity index (χ3n) is 3.48. The largest absolute Gasteiger partial charge is 0.317 e. The second kappa shape index (κ2) is 6.01. The molecular formula is C15H22N2O. The van der Waals surface area contributed by atoms with Gasteiger partial charge in [-0.25, -0.2) is 0 Å². The van der Waals surface area contributed by atoms with E-state index in [1.54, 1.807) is 6.92 Å². The third kappa shape index (κ3) is 2.91. The van der Waals surface area contributed by atoms with Crippen molar-refractivity contribution >= 4 is 11.6 Å². The van der Waals surface area contributed by atoms with Gasteiger partial charge in [0.25, 0.3) is 0 Å². The van der Waals surface area contributed by atoms with Crippen LogP contribution in [0.25, 0.3) is 0 Å². The Labute approximate surface area is 109 Å². The van der Waals surface area contributed by atoms with Crippen LogP contribution in [0, 0.1) is 0 Å². The van der Waals surface area contributed by atoms with Gasteiger partial charge in [0.15, 0.2) is 0 Å². The first kappa shape index (κ1) is 13.1. The standard InChI is InChI=1S/C15H22N2O/c1-3-16-9-8-13-6-7-15-14(11-13)5-4-10-17(15)12(2)18/h6-7,11,16H,3-5,8-10H2,1-2H3. The molecule has 1 aromatic rings. The Morgan fingerprint density at radius 1 is 1.44 bits per heavy atom. The Morgan fingerprint density at radius 3 is 3.00 bits per heavy atom. The van der Waals surface area contributed by atoms with E-state index >= 15 is 0 Å². The van der Waals surface area contributed by atoms with Crippen molar-refractivity contribution in [2.45, 2.75) is 33.1 Å². The lowest BCUT2D eigenvalue weighted by Gasteiger charge is -2.29. The van der Waals surface area contributed by atoms with Crippen LogP contribution in [0.5, 0.6) is 0 Å². The minimum Gasteiger partial charge on any atom is -0.317 e. The Morgan fingerprint density at radius 2 is 2.28 bits per heavy atom. The molecule has 18 heavy (non-hydrogen) atoms. The highest BCUT2D eigenvalue weighted by Crippen LogP contribution is 2.28. The number of nitrogens with one attached hydrogen (secondary N) is 1. The fourth-order valence-electron chi connectivity index (χ4n) is 2.54. The number of hydrogen-bond donors (Lipinski definition) is 1. The quantitative estimate of drug-likeness (QED) is 0.826. The molecule has 0 saturated carbocycles. The van der Waals surface area contributed by atoms with Crippen molar-refractivity contribution in [3.63, 3.8) is 0 Å². The molecule has 3 heteroatoms. The summed E-state index contributed by atoms with van der Waals surface area (Å²) in [4.78, 5) is 13.5. The first-order valence-corrected chi connectivity index (χ1v) is 6.83. The molecule has 1 aliphatic heterocycles. The van der Waals surface area contributed by atoms with Crippen LogP contribution in [0.15, 0.2) is 18.2 Å². The van der Waals surface area contributed by atoms with Crippen molar-refractivity contribution in [3.05, 3.63) is 29.3 Å². The average Bonchev–Trinajstić information content (AvgIpc) is 2.38. The first-order chi connectivity index (χ1) is 8.72. The highest BCUT2D eigenvalue weighted by Gasteiger charge is 2.19. The summed E-state index contributed by atoms with van der Waals surface area (Å²) in [6, 6.07) is 6.52. The van der Waals surface area contributed by atoms with E-state index in [4.69, 9.17) is 0 Å². The Kier molecular flexibility index (Phi) is 4.37. The van der Waals surface area contributed by atoms with E-state index < -0.39 is 0 Å². The molecule has 0 atom stereocenters. The molecule has 1 amide bonds. The molecule has 0 aromatic heterocycles. The maximum Gasteiger partial charge on any atom is 0.223 e. The van der Waals surface area contributed by atoms with E-state index in [1.165, 1.54) is 11.1 Å². The van der Waals surface area contributed by atoms with Gasteiger partial charge >= 0.3 is 0 Å². The lowest BCUT2D eigenvalue weighted by atomic mass is 9.98. The number of hydrogen-bond acceptors (Lipinski definition) is 2. The summed E-state index contributed by atoms with van der Waals surface area (Å²) in [5.74, 6) is 0.149. The number of nitrogens with zero attached hydrogens (tertiary/aromatic N) is 1. The molecule has 0 radical (unpaired) electrons. The molecule has 3 nitrogen and oxygen atoms in total. The summed E-state index contributed by atoms with van der Waals surface area (Å²) >= 11 is 0. The fraction of sp³-hybridized carbons (Fsp3) is 0.533. The van der Waals surface area contributed by atoms with Gasteiger partial charge in [-0.05, 0) is 49.5 Å². The number of amides is 1. The summed E-state index contributed by atoms with van der Waals surface area (Å²) in [7, 11) is 0. The zero-order chi connectivity index (χ0) is 13.0. The fourth-order valence-corrected chi connectivity index (χ4v) is 2.54. The lowest BCUT2D eigenvalue weighted by molar-refractivity contribution is -0.116. The highest BCUT2D eigenvalue weighted by atomic mass is 16.2. The van der Waals surface area contributed by atoms with Gasteiger partial charge in [0, 0.05) is 19.2 Å². The van der Waals surface area contributed by atoms with Gasteiger partial charge < -0.3 is 10.2 Å². The summed E-state index contributed by atoms with van der Waals surface area (Å²) < 4.78 is 0. The van der Waals surface area contributed by atoms with E-state index in [-0.39, 0.29) is 5.91 Å². The number of rotatable bonds is 4. The monoisotopic (exact) mass is 246 g/mol. The number of carbonyl (C=O) groups is 1. The van der Waals surface area contributed by atoms with Gasteiger partial charge in [-0.1, -0.05) is 19.1 Å². The first-order valence-electron chi connectivity index (χ1n) is 6.83. The predicted octanol–water partition coefficient (Wildman–Crippen LogP) is 2.14. The Hall–Kier alpha value is -1.35. The molecule has 1 aliphatic rings. The lowest BCUT2D eigenvalue weighted by Crippen LogP contribution is -2.33. The molecule has 1 aromatic carbocycles. The number of benzene rings is 1. The van der Waals surface area contributed by atoms with E-state index in [2.05, 4.69) is 30.4 Å². The second-order valence-corrected chi connectivity index (χ2v) is 4.84. The average molecular weight is 246 g/mol. The second-order valence-electron chi connectivity index (χ2n) is 4.84. The molecule has 2 rings (SSSR count). The molecule has 0 bridgehead atoms. The Bertz CT molecular complexity index is 429. The van der Waals surface area contributed by atoms with Crippen molar-refractivity contribution in [3.8, 4) is 0 Å². The highest BCUT2D eigenvalue weighted by molar-refractivity contribution is 5.92. The Balaban J connectivity index is 2.14. The van der Waals surface area contributed by atoms with Crippen LogP contribution in [0.4, 0.5) is 5.69 Å². The van der Waals surface area contributed by atoms with Gasteiger partial charge in [-0.3, -0.25) is 4.79 Å². The summed E-state index contributed by atoms with van der Waals surface area (Å²) in [6.45, 7) is 6.67. The van der Waals surface area contributed by atoms with Crippen LogP contribution in [-0.2, 0) is 17.6 Å². The van der Waals surface area contributed by atoms with E-state index in [0.29, 0.717) is 0 Å². The molecule has 0 aliphatic carbocycles. The summed E-state index contributed by atoms with van der Waals surface area (Å²) in [6.07, 6.45) is 3.22. The molecule has 1 N–H and O–H groups in total. The number of aryl methyl sites for hydroxylation is 1. The van der Waals surface area contributed by atoms with Crippen LogP contribution in [0.2, 0.25) is 0 Å². The van der Waals surface area contributed by atoms with Crippen LogP contribution in [0.1, 0.15) is 31.4 Å². The molecule has 1 heterocycles.